The lowest BCUT2D eigenvalue weighted by Gasteiger charge is -2.14. The van der Waals surface area contributed by atoms with Crippen LogP contribution < -0.4 is 20.7 Å². The van der Waals surface area contributed by atoms with Gasteiger partial charge < -0.3 is 15.4 Å². The highest BCUT2D eigenvalue weighted by Gasteiger charge is 2.15. The Morgan fingerprint density at radius 3 is 2.39 bits per heavy atom. The largest absolute Gasteiger partial charge is 0.492 e. The van der Waals surface area contributed by atoms with E-state index in [-0.39, 0.29) is 16.9 Å². The molecule has 3 aromatic carbocycles. The molecule has 3 aromatic rings. The van der Waals surface area contributed by atoms with Crippen molar-refractivity contribution in [1.82, 2.24) is 10.6 Å². The first-order valence-corrected chi connectivity index (χ1v) is 11.5. The van der Waals surface area contributed by atoms with Gasteiger partial charge in [-0.2, -0.15) is 0 Å². The minimum atomic E-state index is -0.375. The van der Waals surface area contributed by atoms with Crippen molar-refractivity contribution in [3.8, 4) is 5.75 Å². The molecule has 0 spiro atoms. The van der Waals surface area contributed by atoms with Gasteiger partial charge in [0, 0.05) is 23.6 Å². The van der Waals surface area contributed by atoms with Gasteiger partial charge in [0.05, 0.1) is 18.6 Å². The Bertz CT molecular complexity index is 1120. The van der Waals surface area contributed by atoms with E-state index in [2.05, 4.69) is 31.9 Å². The smallest absolute Gasteiger partial charge is 0.261 e. The molecule has 0 aliphatic rings. The van der Waals surface area contributed by atoms with Gasteiger partial charge in [0.15, 0.2) is 5.11 Å². The zero-order valence-electron chi connectivity index (χ0n) is 18.1. The molecule has 2 amide bonds. The molecule has 0 saturated heterocycles. The summed E-state index contributed by atoms with van der Waals surface area (Å²) in [6.07, 6.45) is 1.03. The summed E-state index contributed by atoms with van der Waals surface area (Å²) < 4.78 is 6.65. The van der Waals surface area contributed by atoms with Crippen LogP contribution in [0.4, 0.5) is 5.69 Å². The normalized spacial score (nSPS) is 10.2. The average molecular weight is 526 g/mol. The Labute approximate surface area is 206 Å². The summed E-state index contributed by atoms with van der Waals surface area (Å²) >= 11 is 8.71. The van der Waals surface area contributed by atoms with E-state index in [1.807, 2.05) is 48.5 Å². The second kappa shape index (κ2) is 12.1. The molecule has 33 heavy (non-hydrogen) atoms. The van der Waals surface area contributed by atoms with Crippen LogP contribution in [0.25, 0.3) is 0 Å². The van der Waals surface area contributed by atoms with Crippen LogP contribution >= 0.6 is 28.1 Å². The van der Waals surface area contributed by atoms with Gasteiger partial charge in [-0.15, -0.1) is 0 Å². The molecule has 0 atom stereocenters. The van der Waals surface area contributed by atoms with Gasteiger partial charge in [-0.05, 0) is 53.7 Å². The molecule has 0 aromatic heterocycles. The van der Waals surface area contributed by atoms with Crippen LogP contribution in [0.15, 0.2) is 77.3 Å². The van der Waals surface area contributed by atoms with Gasteiger partial charge in [-0.3, -0.25) is 14.9 Å². The maximum absolute atomic E-state index is 12.9. The summed E-state index contributed by atoms with van der Waals surface area (Å²) in [4.78, 5) is 24.4. The number of carbonyl (C=O) groups is 2. The minimum absolute atomic E-state index is 0.0608. The van der Waals surface area contributed by atoms with Crippen molar-refractivity contribution in [1.29, 1.82) is 0 Å². The first-order valence-electron chi connectivity index (χ1n) is 10.3. The molecule has 0 unspecified atom stereocenters. The van der Waals surface area contributed by atoms with Crippen LogP contribution in [0, 0.1) is 0 Å². The fourth-order valence-electron chi connectivity index (χ4n) is 3.04. The number of nitrogens with one attached hydrogen (secondary N) is 3. The van der Waals surface area contributed by atoms with Crippen molar-refractivity contribution in [2.75, 3.05) is 19.0 Å². The molecular formula is C25H24BrN3O3S. The van der Waals surface area contributed by atoms with E-state index in [1.165, 1.54) is 0 Å². The molecule has 0 fully saturated rings. The summed E-state index contributed by atoms with van der Waals surface area (Å²) in [5.41, 5.74) is 3.12. The predicted octanol–water partition coefficient (Wildman–Crippen LogP) is 4.49. The van der Waals surface area contributed by atoms with Gasteiger partial charge in [0.25, 0.3) is 5.91 Å². The lowest BCUT2D eigenvalue weighted by molar-refractivity contribution is -0.119. The second-order valence-corrected chi connectivity index (χ2v) is 8.50. The van der Waals surface area contributed by atoms with Crippen LogP contribution in [0.2, 0.25) is 0 Å². The molecule has 170 valence electrons. The van der Waals surface area contributed by atoms with Crippen LogP contribution in [0.1, 0.15) is 21.5 Å². The molecule has 6 nitrogen and oxygen atoms in total. The number of hydrogen-bond donors (Lipinski definition) is 3. The average Bonchev–Trinajstić information content (AvgIpc) is 2.81. The topological polar surface area (TPSA) is 79.5 Å². The number of anilines is 1. The standard InChI is InChI=1S/C25H24BrN3O3S/c1-27-23(30)15-18-7-10-20(11-8-18)28-25(33)29-24(31)21-16-19(26)9-12-22(21)32-14-13-17-5-3-2-4-6-17/h2-12,16H,13-15H2,1H3,(H,27,30)(H2,28,29,31,33). The molecule has 8 heteroatoms. The van der Waals surface area contributed by atoms with Gasteiger partial charge in [-0.25, -0.2) is 0 Å². The highest BCUT2D eigenvalue weighted by atomic mass is 79.9. The molecule has 0 aliphatic heterocycles. The molecule has 0 saturated carbocycles. The molecule has 0 heterocycles. The van der Waals surface area contributed by atoms with Crippen LogP contribution in [-0.4, -0.2) is 30.6 Å². The molecule has 3 N–H and O–H groups in total. The maximum Gasteiger partial charge on any atom is 0.261 e. The van der Waals surface area contributed by atoms with Crippen LogP contribution in [-0.2, 0) is 17.6 Å². The Morgan fingerprint density at radius 1 is 0.970 bits per heavy atom. The number of ether oxygens (including phenoxy) is 1. The zero-order valence-corrected chi connectivity index (χ0v) is 20.5. The third kappa shape index (κ3) is 7.69. The molecule has 3 rings (SSSR count). The fourth-order valence-corrected chi connectivity index (χ4v) is 3.61. The second-order valence-electron chi connectivity index (χ2n) is 7.18. The molecule has 0 bridgehead atoms. The number of benzene rings is 3. The van der Waals surface area contributed by atoms with Crippen molar-refractivity contribution in [2.24, 2.45) is 0 Å². The Balaban J connectivity index is 1.59. The third-order valence-electron chi connectivity index (χ3n) is 4.76. The van der Waals surface area contributed by atoms with E-state index in [0.29, 0.717) is 30.0 Å². The van der Waals surface area contributed by atoms with Crippen molar-refractivity contribution in [3.63, 3.8) is 0 Å². The Morgan fingerprint density at radius 2 is 1.70 bits per heavy atom. The van der Waals surface area contributed by atoms with Crippen molar-refractivity contribution in [2.45, 2.75) is 12.8 Å². The Kier molecular flexibility index (Phi) is 8.97. The SMILES string of the molecule is CNC(=O)Cc1ccc(NC(=S)NC(=O)c2cc(Br)ccc2OCCc2ccccc2)cc1. The third-order valence-corrected chi connectivity index (χ3v) is 5.46. The van der Waals surface area contributed by atoms with Crippen molar-refractivity contribution >= 4 is 50.8 Å². The molecule has 0 radical (unpaired) electrons. The van der Waals surface area contributed by atoms with Gasteiger partial charge in [0.2, 0.25) is 5.91 Å². The maximum atomic E-state index is 12.9. The van der Waals surface area contributed by atoms with E-state index in [1.54, 1.807) is 31.3 Å². The van der Waals surface area contributed by atoms with Crippen LogP contribution in [0.3, 0.4) is 0 Å². The number of hydrogen-bond acceptors (Lipinski definition) is 4. The summed E-state index contributed by atoms with van der Waals surface area (Å²) in [5.74, 6) is 0.0436. The number of amides is 2. The Hall–Kier alpha value is -3.23. The van der Waals surface area contributed by atoms with E-state index in [0.717, 1.165) is 22.0 Å². The zero-order chi connectivity index (χ0) is 23.6. The van der Waals surface area contributed by atoms with E-state index in [4.69, 9.17) is 17.0 Å². The highest BCUT2D eigenvalue weighted by molar-refractivity contribution is 9.10. The van der Waals surface area contributed by atoms with E-state index < -0.39 is 0 Å². The summed E-state index contributed by atoms with van der Waals surface area (Å²) in [6, 6.07) is 22.5. The first kappa shape index (κ1) is 24.4. The van der Waals surface area contributed by atoms with Gasteiger partial charge >= 0.3 is 0 Å². The summed E-state index contributed by atoms with van der Waals surface area (Å²) in [6.45, 7) is 0.441. The number of rotatable bonds is 8. The number of halogens is 1. The quantitative estimate of drug-likeness (QED) is 0.377. The monoisotopic (exact) mass is 525 g/mol. The predicted molar refractivity (Wildman–Crippen MR) is 138 cm³/mol. The summed E-state index contributed by atoms with van der Waals surface area (Å²) in [7, 11) is 1.60. The highest BCUT2D eigenvalue weighted by Crippen LogP contribution is 2.23. The fraction of sp³-hybridized carbons (Fsp3) is 0.160. The lowest BCUT2D eigenvalue weighted by atomic mass is 10.1. The number of thiocarbonyl (C=S) groups is 1. The van der Waals surface area contributed by atoms with Crippen LogP contribution in [0.5, 0.6) is 5.75 Å². The molecule has 0 aliphatic carbocycles. The number of likely N-dealkylation sites (N-methyl/N-ethyl adjacent to an activating group) is 1. The lowest BCUT2D eigenvalue weighted by Crippen LogP contribution is -2.34. The minimum Gasteiger partial charge on any atom is -0.492 e. The first-order chi connectivity index (χ1) is 15.9. The van der Waals surface area contributed by atoms with Crippen molar-refractivity contribution < 1.29 is 14.3 Å². The van der Waals surface area contributed by atoms with E-state index in [9.17, 15) is 9.59 Å². The van der Waals surface area contributed by atoms with E-state index >= 15 is 0 Å². The number of carbonyl (C=O) groups excluding carboxylic acids is 2. The summed E-state index contributed by atoms with van der Waals surface area (Å²) in [5, 5.41) is 8.43. The van der Waals surface area contributed by atoms with Gasteiger partial charge in [0.1, 0.15) is 5.75 Å². The van der Waals surface area contributed by atoms with Crippen molar-refractivity contribution in [3.05, 3.63) is 94.0 Å². The molecular weight excluding hydrogens is 502 g/mol. The van der Waals surface area contributed by atoms with Gasteiger partial charge in [-0.1, -0.05) is 58.4 Å².